The van der Waals surface area contributed by atoms with Crippen LogP contribution in [-0.4, -0.2) is 36.8 Å². The van der Waals surface area contributed by atoms with Gasteiger partial charge in [-0.2, -0.15) is 5.10 Å². The highest BCUT2D eigenvalue weighted by Crippen LogP contribution is 2.36. The maximum absolute atomic E-state index is 5.93. The molecule has 152 valence electrons. The van der Waals surface area contributed by atoms with E-state index in [0.717, 1.165) is 46.7 Å². The van der Waals surface area contributed by atoms with Gasteiger partial charge in [-0.05, 0) is 41.3 Å². The van der Waals surface area contributed by atoms with E-state index in [0.29, 0.717) is 11.8 Å². The minimum Gasteiger partial charge on any atom is -0.369 e. The molecule has 0 saturated heterocycles. The molecule has 1 aliphatic rings. The number of aryl methyl sites for hydroxylation is 1. The number of fused-ring (bicyclic) bond motifs is 3. The third-order valence-electron chi connectivity index (χ3n) is 5.34. The van der Waals surface area contributed by atoms with Crippen molar-refractivity contribution in [1.82, 2.24) is 0 Å². The molecule has 0 amide bonds. The zero-order valence-corrected chi connectivity index (χ0v) is 18.4. The third-order valence-corrected chi connectivity index (χ3v) is 5.67. The van der Waals surface area contributed by atoms with E-state index in [1.807, 2.05) is 18.3 Å². The molecule has 4 rings (SSSR count). The summed E-state index contributed by atoms with van der Waals surface area (Å²) in [6.07, 6.45) is 1.82. The Labute approximate surface area is 187 Å². The highest BCUT2D eigenvalue weighted by molar-refractivity contribution is 6.24. The Morgan fingerprint density at radius 3 is 1.90 bits per heavy atom. The summed E-state index contributed by atoms with van der Waals surface area (Å²) in [6, 6.07) is 23.0. The monoisotopic (exact) mass is 435 g/mol. The molecule has 0 fully saturated rings. The van der Waals surface area contributed by atoms with Crippen LogP contribution in [0.25, 0.3) is 11.1 Å². The van der Waals surface area contributed by atoms with E-state index >= 15 is 0 Å². The van der Waals surface area contributed by atoms with Crippen molar-refractivity contribution in [1.29, 1.82) is 0 Å². The lowest BCUT2D eigenvalue weighted by molar-refractivity contribution is 0.873. The highest BCUT2D eigenvalue weighted by Gasteiger charge is 2.23. The minimum absolute atomic E-state index is 0.569. The topological polar surface area (TPSA) is 28.0 Å². The first-order valence-corrected chi connectivity index (χ1v) is 11.1. The normalized spacial score (nSPS) is 12.2. The molecule has 0 unspecified atom stereocenters. The number of alkyl halides is 2. The smallest absolute Gasteiger partial charge is 0.101 e. The predicted octanol–water partition coefficient (Wildman–Crippen LogP) is 6.13. The van der Waals surface area contributed by atoms with Crippen LogP contribution < -0.4 is 4.90 Å². The van der Waals surface area contributed by atoms with Crippen LogP contribution in [0.2, 0.25) is 0 Å². The third kappa shape index (κ3) is 4.14. The quantitative estimate of drug-likeness (QED) is 0.195. The van der Waals surface area contributed by atoms with Crippen LogP contribution in [0.15, 0.2) is 76.9 Å². The van der Waals surface area contributed by atoms with Crippen molar-refractivity contribution in [3.8, 4) is 11.1 Å². The second kappa shape index (κ2) is 9.46. The molecule has 3 aromatic rings. The van der Waals surface area contributed by atoms with Crippen LogP contribution >= 0.6 is 23.2 Å². The second-order valence-corrected chi connectivity index (χ2v) is 7.95. The molecule has 0 spiro atoms. The number of rotatable bonds is 7. The number of hydrogen-bond donors (Lipinski definition) is 0. The largest absolute Gasteiger partial charge is 0.369 e. The molecular formula is C25H23Cl2N3. The molecule has 3 aromatic carbocycles. The molecule has 0 aromatic heterocycles. The van der Waals surface area contributed by atoms with Crippen molar-refractivity contribution in [2.45, 2.75) is 6.92 Å². The molecule has 0 radical (unpaired) electrons. The number of benzene rings is 3. The summed E-state index contributed by atoms with van der Waals surface area (Å²) >= 11 is 11.9. The van der Waals surface area contributed by atoms with Crippen LogP contribution in [0.1, 0.15) is 22.3 Å². The lowest BCUT2D eigenvalue weighted by Crippen LogP contribution is -2.27. The van der Waals surface area contributed by atoms with Gasteiger partial charge in [0.15, 0.2) is 0 Å². The molecule has 3 nitrogen and oxygen atoms in total. The molecule has 0 heterocycles. The maximum Gasteiger partial charge on any atom is 0.101 e. The van der Waals surface area contributed by atoms with Crippen LogP contribution in [0, 0.1) is 6.92 Å². The second-order valence-electron chi connectivity index (χ2n) is 7.19. The summed E-state index contributed by atoms with van der Waals surface area (Å²) in [7, 11) is 0. The molecule has 0 bridgehead atoms. The molecule has 0 aliphatic heterocycles. The van der Waals surface area contributed by atoms with Gasteiger partial charge in [-0.25, -0.2) is 0 Å². The van der Waals surface area contributed by atoms with Crippen LogP contribution in [0.4, 0.5) is 5.69 Å². The summed E-state index contributed by atoms with van der Waals surface area (Å²) in [6.45, 7) is 3.62. The van der Waals surface area contributed by atoms with Crippen molar-refractivity contribution in [2.75, 3.05) is 29.7 Å². The van der Waals surface area contributed by atoms with E-state index < -0.39 is 0 Å². The zero-order valence-electron chi connectivity index (χ0n) is 16.9. The Morgan fingerprint density at radius 2 is 1.37 bits per heavy atom. The van der Waals surface area contributed by atoms with Crippen molar-refractivity contribution < 1.29 is 0 Å². The van der Waals surface area contributed by atoms with Crippen molar-refractivity contribution >= 4 is 40.8 Å². The number of nitrogens with zero attached hydrogens (tertiary/aromatic N) is 3. The SMILES string of the molecule is Cc1cc(N(CCCl)CCCl)ccc1/C=N/N=C1c2ccccc2-c2ccccc21. The van der Waals surface area contributed by atoms with Gasteiger partial charge in [-0.15, -0.1) is 28.3 Å². The van der Waals surface area contributed by atoms with Gasteiger partial charge in [0, 0.05) is 41.7 Å². The Bertz CT molecular complexity index is 1050. The summed E-state index contributed by atoms with van der Waals surface area (Å²) < 4.78 is 0. The van der Waals surface area contributed by atoms with E-state index in [9.17, 15) is 0 Å². The molecule has 5 heteroatoms. The Kier molecular flexibility index (Phi) is 6.51. The summed E-state index contributed by atoms with van der Waals surface area (Å²) in [4.78, 5) is 2.19. The standard InChI is InChI=1S/C25H23Cl2N3/c1-18-16-20(30(14-12-26)15-13-27)11-10-19(18)17-28-29-25-23-8-4-2-6-21(23)22-7-3-5-9-24(22)25/h2-11,16-17H,12-15H2,1H3/b28-17+. The highest BCUT2D eigenvalue weighted by atomic mass is 35.5. The first-order valence-electron chi connectivity index (χ1n) is 10.0. The average molecular weight is 436 g/mol. The van der Waals surface area contributed by atoms with Crippen LogP contribution in [0.3, 0.4) is 0 Å². The van der Waals surface area contributed by atoms with Gasteiger partial charge in [0.1, 0.15) is 5.71 Å². The van der Waals surface area contributed by atoms with Crippen LogP contribution in [0.5, 0.6) is 0 Å². The van der Waals surface area contributed by atoms with E-state index in [-0.39, 0.29) is 0 Å². The van der Waals surface area contributed by atoms with Crippen molar-refractivity contribution in [2.24, 2.45) is 10.2 Å². The first-order chi connectivity index (χ1) is 14.7. The van der Waals surface area contributed by atoms with Crippen LogP contribution in [-0.2, 0) is 0 Å². The lowest BCUT2D eigenvalue weighted by atomic mass is 10.1. The van der Waals surface area contributed by atoms with Gasteiger partial charge in [0.25, 0.3) is 0 Å². The Morgan fingerprint density at radius 1 is 0.800 bits per heavy atom. The average Bonchev–Trinajstić information content (AvgIpc) is 3.09. The fourth-order valence-electron chi connectivity index (χ4n) is 3.83. The van der Waals surface area contributed by atoms with Gasteiger partial charge in [0.05, 0.1) is 6.21 Å². The molecule has 0 N–H and O–H groups in total. The number of anilines is 1. The maximum atomic E-state index is 5.93. The molecule has 0 saturated carbocycles. The van der Waals surface area contributed by atoms with Gasteiger partial charge in [-0.1, -0.05) is 54.6 Å². The van der Waals surface area contributed by atoms with Crippen molar-refractivity contribution in [3.63, 3.8) is 0 Å². The fourth-order valence-corrected chi connectivity index (χ4v) is 4.23. The summed E-state index contributed by atoms with van der Waals surface area (Å²) in [5, 5.41) is 9.04. The van der Waals surface area contributed by atoms with E-state index in [4.69, 9.17) is 23.2 Å². The Balaban J connectivity index is 1.61. The minimum atomic E-state index is 0.569. The molecule has 30 heavy (non-hydrogen) atoms. The van der Waals surface area contributed by atoms with Gasteiger partial charge in [0.2, 0.25) is 0 Å². The summed E-state index contributed by atoms with van der Waals surface area (Å²) in [5.74, 6) is 1.14. The van der Waals surface area contributed by atoms with E-state index in [1.54, 1.807) is 0 Å². The molecular weight excluding hydrogens is 413 g/mol. The first kappa shape index (κ1) is 20.6. The van der Waals surface area contributed by atoms with Gasteiger partial charge >= 0.3 is 0 Å². The predicted molar refractivity (Wildman–Crippen MR) is 130 cm³/mol. The van der Waals surface area contributed by atoms with Gasteiger partial charge < -0.3 is 4.90 Å². The number of hydrogen-bond acceptors (Lipinski definition) is 3. The number of halogens is 2. The van der Waals surface area contributed by atoms with Gasteiger partial charge in [-0.3, -0.25) is 0 Å². The van der Waals surface area contributed by atoms with E-state index in [2.05, 4.69) is 76.6 Å². The summed E-state index contributed by atoms with van der Waals surface area (Å²) in [5.41, 5.74) is 8.89. The molecule has 1 aliphatic carbocycles. The fraction of sp³-hybridized carbons (Fsp3) is 0.200. The zero-order chi connectivity index (χ0) is 20.9. The lowest BCUT2D eigenvalue weighted by Gasteiger charge is -2.23. The van der Waals surface area contributed by atoms with Crippen molar-refractivity contribution in [3.05, 3.63) is 89.0 Å². The Hall–Kier alpha value is -2.62. The molecule has 0 atom stereocenters. The van der Waals surface area contributed by atoms with E-state index in [1.165, 1.54) is 11.1 Å².